The monoisotopic (exact) mass is 450 g/mol. The minimum Gasteiger partial charge on any atom is -0.268 e. The molecule has 0 radical (unpaired) electrons. The Kier molecular flexibility index (Phi) is 6.08. The molecule has 1 saturated heterocycles. The van der Waals surface area contributed by atoms with Gasteiger partial charge < -0.3 is 0 Å². The molecule has 0 unspecified atom stereocenters. The third-order valence-electron chi connectivity index (χ3n) is 5.08. The zero-order valence-corrected chi connectivity index (χ0v) is 18.9. The van der Waals surface area contributed by atoms with Crippen molar-refractivity contribution >= 4 is 26.0 Å². The van der Waals surface area contributed by atoms with Crippen LogP contribution in [0.15, 0.2) is 58.3 Å². The molecule has 0 aromatic heterocycles. The van der Waals surface area contributed by atoms with Crippen LogP contribution >= 0.6 is 0 Å². The van der Waals surface area contributed by atoms with Crippen molar-refractivity contribution in [3.05, 3.63) is 59.7 Å². The highest BCUT2D eigenvalue weighted by Gasteiger charge is 2.28. The van der Waals surface area contributed by atoms with E-state index in [-0.39, 0.29) is 20.8 Å². The third kappa shape index (κ3) is 4.74. The molecule has 1 aliphatic rings. The molecule has 1 N–H and O–H groups in total. The Morgan fingerprint density at radius 1 is 0.833 bits per heavy atom. The molecule has 9 heteroatoms. The maximum Gasteiger partial charge on any atom is 0.264 e. The predicted octanol–water partition coefficient (Wildman–Crippen LogP) is 2.89. The van der Waals surface area contributed by atoms with Crippen molar-refractivity contribution in [1.29, 1.82) is 0 Å². The summed E-state index contributed by atoms with van der Waals surface area (Å²) >= 11 is 0. The fourth-order valence-corrected chi connectivity index (χ4v) is 5.72. The van der Waals surface area contributed by atoms with Gasteiger partial charge in [-0.25, -0.2) is 21.6 Å². The highest BCUT2D eigenvalue weighted by molar-refractivity contribution is 7.90. The number of amides is 1. The highest BCUT2D eigenvalue weighted by Crippen LogP contribution is 2.23. The fourth-order valence-electron chi connectivity index (χ4n) is 3.23. The van der Waals surface area contributed by atoms with Gasteiger partial charge in [0.2, 0.25) is 10.0 Å². The summed E-state index contributed by atoms with van der Waals surface area (Å²) in [6.07, 6.45) is 1.63. The Bertz CT molecular complexity index is 1130. The first-order valence-electron chi connectivity index (χ1n) is 9.69. The van der Waals surface area contributed by atoms with Crippen LogP contribution in [-0.2, 0) is 25.5 Å². The molecule has 0 spiro atoms. The van der Waals surface area contributed by atoms with Crippen molar-refractivity contribution in [3.63, 3.8) is 0 Å². The second kappa shape index (κ2) is 8.13. The van der Waals surface area contributed by atoms with Gasteiger partial charge >= 0.3 is 0 Å². The molecule has 3 rings (SSSR count). The van der Waals surface area contributed by atoms with E-state index in [1.807, 2.05) is 25.5 Å². The van der Waals surface area contributed by atoms with E-state index in [0.29, 0.717) is 13.1 Å². The summed E-state index contributed by atoms with van der Waals surface area (Å²) in [6.45, 7) is 7.05. The quantitative estimate of drug-likeness (QED) is 0.755. The number of nitrogens with one attached hydrogen (secondary N) is 1. The van der Waals surface area contributed by atoms with Gasteiger partial charge in [0.25, 0.3) is 15.9 Å². The lowest BCUT2D eigenvalue weighted by Gasteiger charge is -2.19. The third-order valence-corrected chi connectivity index (χ3v) is 8.34. The molecule has 2 aromatic carbocycles. The largest absolute Gasteiger partial charge is 0.268 e. The maximum absolute atomic E-state index is 12.6. The van der Waals surface area contributed by atoms with Crippen LogP contribution in [0, 0.1) is 0 Å². The van der Waals surface area contributed by atoms with E-state index >= 15 is 0 Å². The fraction of sp³-hybridized carbons (Fsp3) is 0.381. The Hall–Kier alpha value is -2.23. The number of carbonyl (C=O) groups is 1. The van der Waals surface area contributed by atoms with Crippen molar-refractivity contribution in [2.45, 2.75) is 48.8 Å². The molecule has 0 aliphatic carbocycles. The lowest BCUT2D eigenvalue weighted by molar-refractivity contribution is 0.0981. The molecule has 1 heterocycles. The SMILES string of the molecule is CC(C)(C)c1ccc(C(=O)NS(=O)(=O)c2ccc(S(=O)(=O)N3CCCC3)cc2)cc1. The molecule has 0 bridgehead atoms. The van der Waals surface area contributed by atoms with Gasteiger partial charge in [-0.3, -0.25) is 4.79 Å². The van der Waals surface area contributed by atoms with Crippen LogP contribution in [0.5, 0.6) is 0 Å². The summed E-state index contributed by atoms with van der Waals surface area (Å²) in [5.74, 6) is -0.746. The van der Waals surface area contributed by atoms with Crippen molar-refractivity contribution in [2.24, 2.45) is 0 Å². The van der Waals surface area contributed by atoms with Gasteiger partial charge in [-0.1, -0.05) is 32.9 Å². The molecule has 1 aliphatic heterocycles. The lowest BCUT2D eigenvalue weighted by atomic mass is 9.87. The minimum absolute atomic E-state index is 0.0347. The van der Waals surface area contributed by atoms with Crippen LogP contribution in [0.4, 0.5) is 0 Å². The van der Waals surface area contributed by atoms with Crippen LogP contribution < -0.4 is 4.72 Å². The van der Waals surface area contributed by atoms with E-state index in [2.05, 4.69) is 0 Å². The van der Waals surface area contributed by atoms with E-state index in [4.69, 9.17) is 0 Å². The van der Waals surface area contributed by atoms with E-state index < -0.39 is 26.0 Å². The summed E-state index contributed by atoms with van der Waals surface area (Å²) in [7, 11) is -7.77. The number of benzene rings is 2. The van der Waals surface area contributed by atoms with Crippen LogP contribution in [-0.4, -0.2) is 40.1 Å². The van der Waals surface area contributed by atoms with Gasteiger partial charge in [-0.15, -0.1) is 0 Å². The zero-order chi connectivity index (χ0) is 22.2. The average molecular weight is 451 g/mol. The average Bonchev–Trinajstić information content (AvgIpc) is 3.23. The highest BCUT2D eigenvalue weighted by atomic mass is 32.2. The standard InChI is InChI=1S/C21H26N2O5S2/c1-21(2,3)17-8-6-16(7-9-17)20(24)22-29(25,26)18-10-12-19(13-11-18)30(27,28)23-14-4-5-15-23/h6-13H,4-5,14-15H2,1-3H3,(H,22,24). The van der Waals surface area contributed by atoms with Gasteiger partial charge in [-0.05, 0) is 60.2 Å². The molecule has 162 valence electrons. The van der Waals surface area contributed by atoms with Crippen LogP contribution in [0.3, 0.4) is 0 Å². The molecule has 0 atom stereocenters. The second-order valence-corrected chi connectivity index (χ2v) is 12.0. The van der Waals surface area contributed by atoms with Crippen LogP contribution in [0.25, 0.3) is 0 Å². The predicted molar refractivity (Wildman–Crippen MR) is 114 cm³/mol. The molecule has 1 amide bonds. The number of hydrogen-bond acceptors (Lipinski definition) is 5. The lowest BCUT2D eigenvalue weighted by Crippen LogP contribution is -2.31. The second-order valence-electron chi connectivity index (χ2n) is 8.34. The number of rotatable bonds is 5. The van der Waals surface area contributed by atoms with Crippen molar-refractivity contribution < 1.29 is 21.6 Å². The van der Waals surface area contributed by atoms with Gasteiger partial charge in [0.15, 0.2) is 0 Å². The summed E-state index contributed by atoms with van der Waals surface area (Å²) in [5.41, 5.74) is 1.16. The molecular weight excluding hydrogens is 424 g/mol. The first-order valence-corrected chi connectivity index (χ1v) is 12.6. The molecule has 0 saturated carbocycles. The molecule has 2 aromatic rings. The number of sulfonamides is 2. The van der Waals surface area contributed by atoms with Crippen LogP contribution in [0.2, 0.25) is 0 Å². The smallest absolute Gasteiger partial charge is 0.264 e. The minimum atomic E-state index is -4.14. The summed E-state index contributed by atoms with van der Waals surface area (Å²) in [5, 5.41) is 0. The Labute approximate surface area is 178 Å². The van der Waals surface area contributed by atoms with Gasteiger partial charge in [0.05, 0.1) is 9.79 Å². The first kappa shape index (κ1) is 22.5. The van der Waals surface area contributed by atoms with E-state index in [9.17, 15) is 21.6 Å². The molecule has 30 heavy (non-hydrogen) atoms. The van der Waals surface area contributed by atoms with Crippen molar-refractivity contribution in [2.75, 3.05) is 13.1 Å². The number of hydrogen-bond donors (Lipinski definition) is 1. The number of nitrogens with zero attached hydrogens (tertiary/aromatic N) is 1. The Morgan fingerprint density at radius 2 is 1.33 bits per heavy atom. The maximum atomic E-state index is 12.6. The topological polar surface area (TPSA) is 101 Å². The summed E-state index contributed by atoms with van der Waals surface area (Å²) in [4.78, 5) is 12.3. The van der Waals surface area contributed by atoms with Crippen molar-refractivity contribution in [3.8, 4) is 0 Å². The van der Waals surface area contributed by atoms with Crippen LogP contribution in [0.1, 0.15) is 49.5 Å². The molecular formula is C21H26N2O5S2. The normalized spacial score (nSPS) is 15.8. The van der Waals surface area contributed by atoms with Crippen molar-refractivity contribution in [1.82, 2.24) is 9.03 Å². The van der Waals surface area contributed by atoms with E-state index in [1.165, 1.54) is 28.6 Å². The van der Waals surface area contributed by atoms with Gasteiger partial charge in [0, 0.05) is 18.7 Å². The zero-order valence-electron chi connectivity index (χ0n) is 17.3. The number of carbonyl (C=O) groups excluding carboxylic acids is 1. The van der Waals surface area contributed by atoms with Gasteiger partial charge in [-0.2, -0.15) is 4.31 Å². The van der Waals surface area contributed by atoms with E-state index in [0.717, 1.165) is 18.4 Å². The summed E-state index contributed by atoms with van der Waals surface area (Å²) < 4.78 is 53.7. The summed E-state index contributed by atoms with van der Waals surface area (Å²) in [6, 6.07) is 11.6. The van der Waals surface area contributed by atoms with Gasteiger partial charge in [0.1, 0.15) is 0 Å². The Balaban J connectivity index is 1.76. The Morgan fingerprint density at radius 3 is 1.83 bits per heavy atom. The molecule has 1 fully saturated rings. The van der Waals surface area contributed by atoms with E-state index in [1.54, 1.807) is 24.3 Å². The molecule has 7 nitrogen and oxygen atoms in total. The first-order chi connectivity index (χ1) is 13.9.